The maximum Gasteiger partial charge on any atom is 0.310 e. The lowest BCUT2D eigenvalue weighted by atomic mass is 9.90. The summed E-state index contributed by atoms with van der Waals surface area (Å²) in [6.45, 7) is 4.16. The van der Waals surface area contributed by atoms with Crippen molar-refractivity contribution in [2.24, 2.45) is 5.92 Å². The Labute approximate surface area is 163 Å². The largest absolute Gasteiger partial charge is 0.453 e. The van der Waals surface area contributed by atoms with E-state index in [1.807, 2.05) is 36.6 Å². The Balaban J connectivity index is 1.65. The summed E-state index contributed by atoms with van der Waals surface area (Å²) in [4.78, 5) is 16.9. The van der Waals surface area contributed by atoms with Gasteiger partial charge in [0.25, 0.3) is 0 Å². The second kappa shape index (κ2) is 8.40. The lowest BCUT2D eigenvalue weighted by Crippen LogP contribution is -2.21. The Hall–Kier alpha value is -1.59. The average molecular weight is 393 g/mol. The van der Waals surface area contributed by atoms with E-state index in [-0.39, 0.29) is 11.9 Å². The molecule has 1 aromatic heterocycles. The fraction of sp³-hybridized carbons (Fsp3) is 0.500. The Kier molecular flexibility index (Phi) is 6.20. The van der Waals surface area contributed by atoms with Gasteiger partial charge in [0, 0.05) is 11.8 Å². The van der Waals surface area contributed by atoms with Gasteiger partial charge in [-0.1, -0.05) is 56.3 Å². The molecule has 1 N–H and O–H groups in total. The van der Waals surface area contributed by atoms with Gasteiger partial charge < -0.3 is 10.1 Å². The molecule has 2 unspecified atom stereocenters. The molecule has 0 radical (unpaired) electrons. The summed E-state index contributed by atoms with van der Waals surface area (Å²) < 4.78 is 5.74. The quantitative estimate of drug-likeness (QED) is 0.423. The minimum Gasteiger partial charge on any atom is -0.453 e. The van der Waals surface area contributed by atoms with Crippen LogP contribution in [-0.4, -0.2) is 11.0 Å². The molecule has 0 aliphatic carbocycles. The third kappa shape index (κ3) is 4.38. The van der Waals surface area contributed by atoms with Crippen LogP contribution in [0.15, 0.2) is 29.6 Å². The molecule has 6 heteroatoms. The highest BCUT2D eigenvalue weighted by Gasteiger charge is 2.45. The number of nitrogens with zero attached hydrogens (tertiary/aromatic N) is 1. The lowest BCUT2D eigenvalue weighted by Gasteiger charge is -2.20. The number of thiazole rings is 1. The smallest absolute Gasteiger partial charge is 0.310 e. The summed E-state index contributed by atoms with van der Waals surface area (Å²) in [6, 6.07) is 7.56. The number of benzene rings is 1. The molecule has 0 spiro atoms. The first-order valence-electron chi connectivity index (χ1n) is 9.22. The summed E-state index contributed by atoms with van der Waals surface area (Å²) in [5, 5.41) is 6.60. The monoisotopic (exact) mass is 392 g/mol. The van der Waals surface area contributed by atoms with Crippen LogP contribution >= 0.6 is 22.9 Å². The van der Waals surface area contributed by atoms with E-state index in [9.17, 15) is 4.79 Å². The van der Waals surface area contributed by atoms with Gasteiger partial charge in [0.05, 0.1) is 22.3 Å². The highest BCUT2D eigenvalue weighted by atomic mass is 35.5. The minimum absolute atomic E-state index is 0.0152. The van der Waals surface area contributed by atoms with Gasteiger partial charge in [0.1, 0.15) is 0 Å². The lowest BCUT2D eigenvalue weighted by molar-refractivity contribution is -0.150. The molecular formula is C20H25ClN2O2S. The van der Waals surface area contributed by atoms with E-state index in [4.69, 9.17) is 16.3 Å². The molecule has 1 aliphatic heterocycles. The Morgan fingerprint density at radius 1 is 1.35 bits per heavy atom. The third-order valence-electron chi connectivity index (χ3n) is 4.86. The van der Waals surface area contributed by atoms with Crippen LogP contribution in [0.5, 0.6) is 0 Å². The predicted molar refractivity (Wildman–Crippen MR) is 107 cm³/mol. The first-order valence-corrected chi connectivity index (χ1v) is 10.5. The van der Waals surface area contributed by atoms with E-state index in [0.29, 0.717) is 11.4 Å². The second-order valence-electron chi connectivity index (χ2n) is 7.05. The maximum absolute atomic E-state index is 12.3. The van der Waals surface area contributed by atoms with Crippen molar-refractivity contribution in [3.8, 4) is 0 Å². The van der Waals surface area contributed by atoms with E-state index in [1.54, 1.807) is 0 Å². The van der Waals surface area contributed by atoms with Crippen molar-refractivity contribution < 1.29 is 9.53 Å². The first-order chi connectivity index (χ1) is 12.5. The third-order valence-corrected chi connectivity index (χ3v) is 5.95. The molecule has 1 saturated heterocycles. The molecular weight excluding hydrogens is 368 g/mol. The molecule has 3 rings (SSSR count). The number of esters is 1. The summed E-state index contributed by atoms with van der Waals surface area (Å²) >= 11 is 7.68. The molecule has 2 atom stereocenters. The topological polar surface area (TPSA) is 51.2 Å². The molecule has 1 aliphatic rings. The highest BCUT2D eigenvalue weighted by molar-refractivity contribution is 7.13. The Bertz CT molecular complexity index is 764. The fourth-order valence-corrected chi connectivity index (χ4v) is 4.37. The van der Waals surface area contributed by atoms with Crippen LogP contribution < -0.4 is 5.32 Å². The number of hydrogen-bond donors (Lipinski definition) is 1. The number of aromatic nitrogens is 1. The van der Waals surface area contributed by atoms with Gasteiger partial charge in [-0.3, -0.25) is 4.79 Å². The zero-order valence-electron chi connectivity index (χ0n) is 15.3. The van der Waals surface area contributed by atoms with E-state index in [1.165, 1.54) is 30.6 Å². The molecule has 2 aromatic rings. The number of halogens is 1. The van der Waals surface area contributed by atoms with Crippen LogP contribution in [0.1, 0.15) is 58.1 Å². The first kappa shape index (κ1) is 19.2. The number of ether oxygens (including phenoxy) is 1. The molecule has 0 bridgehead atoms. The van der Waals surface area contributed by atoms with Crippen LogP contribution in [0.4, 0.5) is 10.8 Å². The molecule has 1 aromatic carbocycles. The fourth-order valence-electron chi connectivity index (χ4n) is 3.35. The number of cyclic esters (lactones) is 1. The van der Waals surface area contributed by atoms with Crippen molar-refractivity contribution in [3.63, 3.8) is 0 Å². The molecule has 1 fully saturated rings. The average Bonchev–Trinajstić information content (AvgIpc) is 3.19. The van der Waals surface area contributed by atoms with Gasteiger partial charge in [0.15, 0.2) is 10.7 Å². The zero-order valence-corrected chi connectivity index (χ0v) is 16.8. The Morgan fingerprint density at radius 3 is 2.92 bits per heavy atom. The van der Waals surface area contributed by atoms with E-state index in [0.717, 1.165) is 29.4 Å². The van der Waals surface area contributed by atoms with Gasteiger partial charge in [-0.05, 0) is 25.5 Å². The SMILES string of the molecule is CCCCCCC1CC(C)(c2csc(Nc3ccccc3Cl)n2)OC1=O. The normalized spacial score (nSPS) is 22.4. The van der Waals surface area contributed by atoms with Crippen molar-refractivity contribution in [1.82, 2.24) is 4.98 Å². The molecule has 2 heterocycles. The van der Waals surface area contributed by atoms with Crippen LogP contribution in [0, 0.1) is 5.92 Å². The predicted octanol–water partition coefficient (Wildman–Crippen LogP) is 6.29. The van der Waals surface area contributed by atoms with Crippen LogP contribution in [0.25, 0.3) is 0 Å². The number of unbranched alkanes of at least 4 members (excludes halogenated alkanes) is 3. The van der Waals surface area contributed by atoms with E-state index < -0.39 is 5.60 Å². The minimum atomic E-state index is -0.635. The van der Waals surface area contributed by atoms with Crippen molar-refractivity contribution in [2.45, 2.75) is 58.0 Å². The molecule has 140 valence electrons. The van der Waals surface area contributed by atoms with Gasteiger partial charge in [-0.2, -0.15) is 0 Å². The second-order valence-corrected chi connectivity index (χ2v) is 8.31. The number of carbonyl (C=O) groups excluding carboxylic acids is 1. The number of carbonyl (C=O) groups is 1. The number of nitrogens with one attached hydrogen (secondary N) is 1. The number of para-hydroxylation sites is 1. The van der Waals surface area contributed by atoms with Gasteiger partial charge in [-0.15, -0.1) is 11.3 Å². The van der Waals surface area contributed by atoms with Crippen molar-refractivity contribution in [3.05, 3.63) is 40.4 Å². The summed E-state index contributed by atoms with van der Waals surface area (Å²) in [5.41, 5.74) is 0.988. The standard InChI is InChI=1S/C20H25ClN2O2S/c1-3-4-5-6-9-14-12-20(2,25-18(14)24)17-13-26-19(23-17)22-16-11-8-7-10-15(16)21/h7-8,10-11,13-14H,3-6,9,12H2,1-2H3,(H,22,23). The van der Waals surface area contributed by atoms with Gasteiger partial charge in [0.2, 0.25) is 0 Å². The van der Waals surface area contributed by atoms with Crippen molar-refractivity contribution >= 4 is 39.7 Å². The molecule has 0 amide bonds. The van der Waals surface area contributed by atoms with Crippen LogP contribution in [0.3, 0.4) is 0 Å². The molecule has 0 saturated carbocycles. The van der Waals surface area contributed by atoms with Crippen molar-refractivity contribution in [2.75, 3.05) is 5.32 Å². The number of hydrogen-bond acceptors (Lipinski definition) is 5. The summed E-state index contributed by atoms with van der Waals surface area (Å²) in [6.07, 6.45) is 6.30. The maximum atomic E-state index is 12.3. The van der Waals surface area contributed by atoms with Crippen LogP contribution in [-0.2, 0) is 15.1 Å². The van der Waals surface area contributed by atoms with Crippen molar-refractivity contribution in [1.29, 1.82) is 0 Å². The molecule has 4 nitrogen and oxygen atoms in total. The molecule has 26 heavy (non-hydrogen) atoms. The van der Waals surface area contributed by atoms with Gasteiger partial charge >= 0.3 is 5.97 Å². The summed E-state index contributed by atoms with van der Waals surface area (Å²) in [5.74, 6) is -0.101. The van der Waals surface area contributed by atoms with E-state index in [2.05, 4.69) is 17.2 Å². The summed E-state index contributed by atoms with van der Waals surface area (Å²) in [7, 11) is 0. The van der Waals surface area contributed by atoms with E-state index >= 15 is 0 Å². The highest BCUT2D eigenvalue weighted by Crippen LogP contribution is 2.42. The van der Waals surface area contributed by atoms with Gasteiger partial charge in [-0.25, -0.2) is 4.98 Å². The number of anilines is 2. The zero-order chi connectivity index (χ0) is 18.6. The number of rotatable bonds is 8. The van der Waals surface area contributed by atoms with Crippen LogP contribution in [0.2, 0.25) is 5.02 Å². The Morgan fingerprint density at radius 2 is 2.15 bits per heavy atom.